The van der Waals surface area contributed by atoms with Crippen LogP contribution in [0.1, 0.15) is 79.1 Å². The van der Waals surface area contributed by atoms with Crippen molar-refractivity contribution >= 4 is 0 Å². The summed E-state index contributed by atoms with van der Waals surface area (Å²) in [7, 11) is 0. The van der Waals surface area contributed by atoms with E-state index in [1.165, 1.54) is 60.8 Å². The smallest absolute Gasteiger partial charge is 1.00 e. The van der Waals surface area contributed by atoms with Crippen LogP contribution < -0.4 is 24.8 Å². The second kappa shape index (κ2) is 17.2. The maximum absolute atomic E-state index is 3.37. The summed E-state index contributed by atoms with van der Waals surface area (Å²) in [5.74, 6) is 0. The van der Waals surface area contributed by atoms with Crippen LogP contribution in [0.4, 0.5) is 0 Å². The van der Waals surface area contributed by atoms with Crippen molar-refractivity contribution in [2.24, 2.45) is 0 Å². The molecule has 0 bridgehead atoms. The average molecular weight is 520 g/mol. The Morgan fingerprint density at radius 3 is 1.35 bits per heavy atom. The normalized spacial score (nSPS) is 14.8. The Morgan fingerprint density at radius 2 is 1.13 bits per heavy atom. The van der Waals surface area contributed by atoms with Crippen LogP contribution in [0, 0.1) is 12.2 Å². The van der Waals surface area contributed by atoms with E-state index < -0.39 is 0 Å². The van der Waals surface area contributed by atoms with E-state index in [2.05, 4.69) is 52.0 Å². The minimum absolute atomic E-state index is 0. The van der Waals surface area contributed by atoms with Crippen LogP contribution in [-0.4, -0.2) is 0 Å². The van der Waals surface area contributed by atoms with E-state index in [-0.39, 0.29) is 50.7 Å². The SMILES string of the molecule is CCCCC1=CCC(C)=[C-]1.CCCCC1=CCC(C)=[C-]1.[Cl-].[Cl-].[Hf+4]. The molecule has 2 rings (SSSR count). The zero-order chi connectivity index (χ0) is 14.8. The van der Waals surface area contributed by atoms with E-state index in [0.29, 0.717) is 0 Å². The van der Waals surface area contributed by atoms with Gasteiger partial charge in [-0.25, -0.2) is 35.5 Å². The van der Waals surface area contributed by atoms with E-state index in [1.807, 2.05) is 0 Å². The van der Waals surface area contributed by atoms with Crippen molar-refractivity contribution < 1.29 is 50.7 Å². The monoisotopic (exact) mass is 520 g/mol. The van der Waals surface area contributed by atoms with Gasteiger partial charge in [-0.05, 0) is 0 Å². The molecule has 0 nitrogen and oxygen atoms in total. The minimum atomic E-state index is 0. The molecular weight excluding hydrogens is 490 g/mol. The van der Waals surface area contributed by atoms with Crippen molar-refractivity contribution in [2.45, 2.75) is 79.1 Å². The predicted molar refractivity (Wildman–Crippen MR) is 89.3 cm³/mol. The molecular formula is C20H30Cl2Hf. The summed E-state index contributed by atoms with van der Waals surface area (Å²) in [5.41, 5.74) is 5.65. The molecule has 0 aromatic rings. The van der Waals surface area contributed by atoms with Gasteiger partial charge in [0.25, 0.3) is 0 Å². The van der Waals surface area contributed by atoms with Gasteiger partial charge in [-0.15, -0.1) is 0 Å². The molecule has 0 unspecified atom stereocenters. The molecule has 0 fully saturated rings. The quantitative estimate of drug-likeness (QED) is 0.355. The van der Waals surface area contributed by atoms with Crippen LogP contribution in [0.3, 0.4) is 0 Å². The van der Waals surface area contributed by atoms with Gasteiger partial charge in [-0.1, -0.05) is 79.1 Å². The Balaban J connectivity index is -0.000000308. The molecule has 0 amide bonds. The number of hydrogen-bond acceptors (Lipinski definition) is 0. The maximum atomic E-state index is 3.37. The van der Waals surface area contributed by atoms with Crippen LogP contribution in [0.2, 0.25) is 0 Å². The van der Waals surface area contributed by atoms with Crippen molar-refractivity contribution in [3.63, 3.8) is 0 Å². The molecule has 0 spiro atoms. The summed E-state index contributed by atoms with van der Waals surface area (Å²) in [6.07, 6.45) is 21.3. The second-order valence-corrected chi connectivity index (χ2v) is 5.88. The largest absolute Gasteiger partial charge is 4.00 e. The van der Waals surface area contributed by atoms with E-state index in [9.17, 15) is 0 Å². The van der Waals surface area contributed by atoms with Gasteiger partial charge in [-0.3, -0.25) is 0 Å². The van der Waals surface area contributed by atoms with Gasteiger partial charge < -0.3 is 24.8 Å². The average Bonchev–Trinajstić information content (AvgIpc) is 3.03. The number of halogens is 2. The van der Waals surface area contributed by atoms with Crippen molar-refractivity contribution in [1.29, 1.82) is 0 Å². The molecule has 0 atom stereocenters. The Hall–Kier alpha value is 0.410. The second-order valence-electron chi connectivity index (χ2n) is 5.88. The van der Waals surface area contributed by atoms with Gasteiger partial charge >= 0.3 is 25.8 Å². The van der Waals surface area contributed by atoms with E-state index in [4.69, 9.17) is 0 Å². The van der Waals surface area contributed by atoms with Gasteiger partial charge in [-0.2, -0.15) is 11.1 Å². The van der Waals surface area contributed by atoms with Gasteiger partial charge in [0.05, 0.1) is 0 Å². The first-order valence-corrected chi connectivity index (χ1v) is 8.22. The van der Waals surface area contributed by atoms with Gasteiger partial charge in [0.2, 0.25) is 0 Å². The van der Waals surface area contributed by atoms with E-state index in [0.717, 1.165) is 12.8 Å². The Morgan fingerprint density at radius 1 is 0.783 bits per heavy atom. The molecule has 0 aromatic heterocycles. The van der Waals surface area contributed by atoms with Crippen LogP contribution in [0.25, 0.3) is 0 Å². The van der Waals surface area contributed by atoms with E-state index in [1.54, 1.807) is 0 Å². The number of allylic oxidation sites excluding steroid dienone is 8. The third kappa shape index (κ3) is 13.4. The fourth-order valence-electron chi connectivity index (χ4n) is 2.37. The Labute approximate surface area is 175 Å². The van der Waals surface area contributed by atoms with Crippen molar-refractivity contribution in [1.82, 2.24) is 0 Å². The molecule has 0 aliphatic heterocycles. The molecule has 23 heavy (non-hydrogen) atoms. The molecule has 0 saturated carbocycles. The van der Waals surface area contributed by atoms with Crippen molar-refractivity contribution in [2.75, 3.05) is 0 Å². The number of unbranched alkanes of at least 4 members (excludes halogenated alkanes) is 2. The maximum Gasteiger partial charge on any atom is 4.00 e. The topological polar surface area (TPSA) is 0 Å². The summed E-state index contributed by atoms with van der Waals surface area (Å²) < 4.78 is 0. The molecule has 2 aliphatic carbocycles. The minimum Gasteiger partial charge on any atom is -1.00 e. The first-order chi connectivity index (χ1) is 9.65. The molecule has 128 valence electrons. The fraction of sp³-hybridized carbons (Fsp3) is 0.600. The fourth-order valence-corrected chi connectivity index (χ4v) is 2.37. The van der Waals surface area contributed by atoms with Gasteiger partial charge in [0.1, 0.15) is 0 Å². The van der Waals surface area contributed by atoms with Crippen LogP contribution in [-0.2, 0) is 25.8 Å². The summed E-state index contributed by atoms with van der Waals surface area (Å²) in [6, 6.07) is 0. The summed E-state index contributed by atoms with van der Waals surface area (Å²) >= 11 is 0. The van der Waals surface area contributed by atoms with Crippen LogP contribution in [0.5, 0.6) is 0 Å². The van der Waals surface area contributed by atoms with Gasteiger partial charge in [0, 0.05) is 0 Å². The zero-order valence-corrected chi connectivity index (χ0v) is 20.2. The summed E-state index contributed by atoms with van der Waals surface area (Å²) in [4.78, 5) is 0. The molecule has 2 aliphatic rings. The predicted octanol–water partition coefficient (Wildman–Crippen LogP) is 0.518. The molecule has 0 heterocycles. The molecule has 3 heteroatoms. The third-order valence-corrected chi connectivity index (χ3v) is 3.66. The summed E-state index contributed by atoms with van der Waals surface area (Å²) in [6.45, 7) is 8.75. The van der Waals surface area contributed by atoms with Crippen molar-refractivity contribution in [3.05, 3.63) is 46.6 Å². The zero-order valence-electron chi connectivity index (χ0n) is 15.1. The molecule has 0 radical (unpaired) electrons. The van der Waals surface area contributed by atoms with Crippen LogP contribution in [0.15, 0.2) is 34.4 Å². The first kappa shape index (κ1) is 28.2. The number of hydrogen-bond donors (Lipinski definition) is 0. The first-order valence-electron chi connectivity index (χ1n) is 8.22. The summed E-state index contributed by atoms with van der Waals surface area (Å²) in [5, 5.41) is 0. The van der Waals surface area contributed by atoms with Gasteiger partial charge in [0.15, 0.2) is 0 Å². The van der Waals surface area contributed by atoms with Crippen LogP contribution >= 0.6 is 0 Å². The molecule has 0 N–H and O–H groups in total. The number of rotatable bonds is 6. The molecule has 0 aromatic carbocycles. The Kier molecular flexibility index (Phi) is 21.2. The standard InChI is InChI=1S/2C10H15.2ClH.Hf/c2*1-3-4-5-10-7-6-9(2)8-10;;;/h2*7H,3-6H2,1-2H3;2*1H;/q2*-1;;;+4/p-2. The Bertz CT molecular complexity index is 377. The van der Waals surface area contributed by atoms with Crippen molar-refractivity contribution in [3.8, 4) is 0 Å². The third-order valence-electron chi connectivity index (χ3n) is 3.66. The van der Waals surface area contributed by atoms with E-state index >= 15 is 0 Å². The molecule has 0 saturated heterocycles.